The number of carbonyl (C=O) groups is 1. The summed E-state index contributed by atoms with van der Waals surface area (Å²) in [6, 6.07) is 3.65. The molecule has 1 heterocycles. The van der Waals surface area contributed by atoms with Crippen LogP contribution in [0.3, 0.4) is 0 Å². The van der Waals surface area contributed by atoms with Crippen LogP contribution in [0.15, 0.2) is 24.5 Å². The van der Waals surface area contributed by atoms with E-state index in [0.29, 0.717) is 4.32 Å². The summed E-state index contributed by atoms with van der Waals surface area (Å²) in [4.78, 5) is 14.9. The summed E-state index contributed by atoms with van der Waals surface area (Å²) < 4.78 is 0.601. The fourth-order valence-corrected chi connectivity index (χ4v) is 2.04. The van der Waals surface area contributed by atoms with Gasteiger partial charge in [-0.1, -0.05) is 24.0 Å². The zero-order valence-corrected chi connectivity index (χ0v) is 10.2. The molecule has 3 nitrogen and oxygen atoms in total. The van der Waals surface area contributed by atoms with Crippen molar-refractivity contribution in [1.82, 2.24) is 4.98 Å². The van der Waals surface area contributed by atoms with Crippen LogP contribution in [0.4, 0.5) is 5.69 Å². The van der Waals surface area contributed by atoms with Crippen molar-refractivity contribution in [3.8, 4) is 0 Å². The van der Waals surface area contributed by atoms with Crippen LogP contribution in [0.5, 0.6) is 0 Å². The van der Waals surface area contributed by atoms with E-state index in [1.54, 1.807) is 19.3 Å². The first-order chi connectivity index (χ1) is 7.09. The lowest BCUT2D eigenvalue weighted by atomic mass is 10.3. The van der Waals surface area contributed by atoms with E-state index in [-0.39, 0.29) is 11.0 Å². The Balaban J connectivity index is 2.47. The van der Waals surface area contributed by atoms with Crippen LogP contribution in [0.25, 0.3) is 0 Å². The molecule has 0 aliphatic carbocycles. The topological polar surface area (TPSA) is 42.0 Å². The van der Waals surface area contributed by atoms with Gasteiger partial charge in [0.25, 0.3) is 0 Å². The number of ketones is 1. The molecule has 15 heavy (non-hydrogen) atoms. The van der Waals surface area contributed by atoms with Gasteiger partial charge in [-0.05, 0) is 26.0 Å². The van der Waals surface area contributed by atoms with E-state index >= 15 is 0 Å². The van der Waals surface area contributed by atoms with Crippen LogP contribution in [0.1, 0.15) is 13.8 Å². The second-order valence-corrected chi connectivity index (χ2v) is 5.04. The van der Waals surface area contributed by atoms with E-state index in [2.05, 4.69) is 10.3 Å². The average molecular weight is 240 g/mol. The van der Waals surface area contributed by atoms with Crippen LogP contribution < -0.4 is 5.32 Å². The van der Waals surface area contributed by atoms with Gasteiger partial charge < -0.3 is 5.32 Å². The first-order valence-electron chi connectivity index (χ1n) is 4.47. The second kappa shape index (κ2) is 5.82. The monoisotopic (exact) mass is 240 g/mol. The Kier molecular flexibility index (Phi) is 4.71. The molecule has 0 saturated heterocycles. The van der Waals surface area contributed by atoms with Crippen LogP contribution in [0.2, 0.25) is 0 Å². The molecule has 0 amide bonds. The molecular weight excluding hydrogens is 228 g/mol. The summed E-state index contributed by atoms with van der Waals surface area (Å²) in [5.41, 5.74) is 0.887. The largest absolute Gasteiger partial charge is 0.341 e. The van der Waals surface area contributed by atoms with Gasteiger partial charge in [0.05, 0.1) is 5.25 Å². The summed E-state index contributed by atoms with van der Waals surface area (Å²) in [7, 11) is 0. The fraction of sp³-hybridized carbons (Fsp3) is 0.300. The molecule has 1 aromatic heterocycles. The number of nitrogens with zero attached hydrogens (tertiary/aromatic N) is 1. The highest BCUT2D eigenvalue weighted by Crippen LogP contribution is 2.16. The summed E-state index contributed by atoms with van der Waals surface area (Å²) >= 11 is 6.46. The summed E-state index contributed by atoms with van der Waals surface area (Å²) in [6.45, 7) is 3.40. The second-order valence-electron chi connectivity index (χ2n) is 3.02. The number of thiocarbonyl (C=S) groups is 1. The van der Waals surface area contributed by atoms with Crippen LogP contribution in [0, 0.1) is 0 Å². The predicted octanol–water partition coefficient (Wildman–Crippen LogP) is 2.49. The average Bonchev–Trinajstić information content (AvgIpc) is 2.18. The normalized spacial score (nSPS) is 11.9. The van der Waals surface area contributed by atoms with Gasteiger partial charge in [0, 0.05) is 18.1 Å². The van der Waals surface area contributed by atoms with Crippen molar-refractivity contribution >= 4 is 39.8 Å². The van der Waals surface area contributed by atoms with Crippen molar-refractivity contribution in [3.63, 3.8) is 0 Å². The Morgan fingerprint density at radius 2 is 2.13 bits per heavy atom. The summed E-state index contributed by atoms with van der Waals surface area (Å²) in [5.74, 6) is 0.124. The van der Waals surface area contributed by atoms with Crippen molar-refractivity contribution < 1.29 is 4.79 Å². The van der Waals surface area contributed by atoms with Gasteiger partial charge in [-0.3, -0.25) is 9.78 Å². The number of anilines is 1. The zero-order valence-electron chi connectivity index (χ0n) is 8.56. The molecule has 5 heteroatoms. The van der Waals surface area contributed by atoms with Gasteiger partial charge in [-0.2, -0.15) is 0 Å². The number of pyridine rings is 1. The van der Waals surface area contributed by atoms with Crippen LogP contribution in [-0.4, -0.2) is 20.3 Å². The highest BCUT2D eigenvalue weighted by molar-refractivity contribution is 8.24. The van der Waals surface area contributed by atoms with Gasteiger partial charge in [0.15, 0.2) is 0 Å². The van der Waals surface area contributed by atoms with E-state index in [1.165, 1.54) is 11.8 Å². The molecule has 0 spiro atoms. The number of thioether (sulfide) groups is 1. The van der Waals surface area contributed by atoms with Crippen LogP contribution >= 0.6 is 24.0 Å². The maximum absolute atomic E-state index is 11.0. The Hall–Kier alpha value is -0.940. The molecule has 0 bridgehead atoms. The molecule has 0 aliphatic rings. The maximum atomic E-state index is 11.0. The van der Waals surface area contributed by atoms with Crippen LogP contribution in [-0.2, 0) is 4.79 Å². The molecule has 0 fully saturated rings. The van der Waals surface area contributed by atoms with E-state index in [0.717, 1.165) is 5.69 Å². The lowest BCUT2D eigenvalue weighted by molar-refractivity contribution is -0.116. The SMILES string of the molecule is CC(=O)C(C)SC(=S)Nc1ccncc1. The third kappa shape index (κ3) is 4.40. The Bertz CT molecular complexity index is 354. The van der Waals surface area contributed by atoms with Gasteiger partial charge in [0.1, 0.15) is 10.1 Å². The Labute approximate surface area is 98.7 Å². The van der Waals surface area contributed by atoms with Crippen molar-refractivity contribution in [1.29, 1.82) is 0 Å². The van der Waals surface area contributed by atoms with E-state index in [4.69, 9.17) is 12.2 Å². The number of carbonyl (C=O) groups excluding carboxylic acids is 1. The third-order valence-corrected chi connectivity index (χ3v) is 3.18. The highest BCUT2D eigenvalue weighted by atomic mass is 32.2. The zero-order chi connectivity index (χ0) is 11.3. The minimum atomic E-state index is -0.105. The predicted molar refractivity (Wildman–Crippen MR) is 68.2 cm³/mol. The smallest absolute Gasteiger partial charge is 0.142 e. The van der Waals surface area contributed by atoms with E-state index in [9.17, 15) is 4.79 Å². The van der Waals surface area contributed by atoms with Gasteiger partial charge in [-0.25, -0.2) is 0 Å². The third-order valence-electron chi connectivity index (χ3n) is 1.78. The lowest BCUT2D eigenvalue weighted by Crippen LogP contribution is -2.15. The number of hydrogen-bond acceptors (Lipinski definition) is 4. The molecule has 1 unspecified atom stereocenters. The molecule has 1 rings (SSSR count). The molecular formula is C10H12N2OS2. The lowest BCUT2D eigenvalue weighted by Gasteiger charge is -2.10. The number of Topliss-reactive ketones (excluding diaryl/α,β-unsaturated/α-hetero) is 1. The number of nitrogens with one attached hydrogen (secondary N) is 1. The molecule has 0 aromatic carbocycles. The van der Waals surface area contributed by atoms with E-state index < -0.39 is 0 Å². The Morgan fingerprint density at radius 3 is 2.67 bits per heavy atom. The fourth-order valence-electron chi connectivity index (χ4n) is 0.826. The van der Waals surface area contributed by atoms with Gasteiger partial charge in [0.2, 0.25) is 0 Å². The maximum Gasteiger partial charge on any atom is 0.142 e. The van der Waals surface area contributed by atoms with Gasteiger partial charge >= 0.3 is 0 Å². The highest BCUT2D eigenvalue weighted by Gasteiger charge is 2.10. The summed E-state index contributed by atoms with van der Waals surface area (Å²) in [5, 5.41) is 2.93. The molecule has 0 saturated carbocycles. The van der Waals surface area contributed by atoms with Crippen molar-refractivity contribution in [3.05, 3.63) is 24.5 Å². The molecule has 0 aliphatic heterocycles. The first kappa shape index (κ1) is 12.1. The van der Waals surface area contributed by atoms with Crippen molar-refractivity contribution in [2.45, 2.75) is 19.1 Å². The number of hydrogen-bond donors (Lipinski definition) is 1. The molecule has 0 radical (unpaired) electrons. The molecule has 1 N–H and O–H groups in total. The molecule has 1 aromatic rings. The standard InChI is InChI=1S/C10H12N2OS2/c1-7(13)8(2)15-10(14)12-9-3-5-11-6-4-9/h3-6,8H,1-2H3,(H,11,12,14). The quantitative estimate of drug-likeness (QED) is 0.822. The number of aromatic nitrogens is 1. The van der Waals surface area contributed by atoms with Crippen molar-refractivity contribution in [2.75, 3.05) is 5.32 Å². The van der Waals surface area contributed by atoms with Crippen molar-refractivity contribution in [2.24, 2.45) is 0 Å². The Morgan fingerprint density at radius 1 is 1.53 bits per heavy atom. The minimum absolute atomic E-state index is 0.105. The molecule has 1 atom stereocenters. The van der Waals surface area contributed by atoms with E-state index in [1.807, 2.05) is 19.1 Å². The summed E-state index contributed by atoms with van der Waals surface area (Å²) in [6.07, 6.45) is 3.37. The first-order valence-corrected chi connectivity index (χ1v) is 5.76. The minimum Gasteiger partial charge on any atom is -0.341 e. The number of rotatable bonds is 3. The van der Waals surface area contributed by atoms with Gasteiger partial charge in [-0.15, -0.1) is 0 Å². The molecule has 80 valence electrons.